The van der Waals surface area contributed by atoms with Crippen molar-refractivity contribution in [2.45, 2.75) is 13.8 Å². The van der Waals surface area contributed by atoms with Crippen molar-refractivity contribution in [3.63, 3.8) is 0 Å². The lowest BCUT2D eigenvalue weighted by atomic mass is 10.1. The number of carbonyl (C=O) groups is 2. The zero-order valence-electron chi connectivity index (χ0n) is 10.2. The molecule has 5 heteroatoms. The largest absolute Gasteiger partial charge is 0.506 e. The number of amides is 1. The van der Waals surface area contributed by atoms with Gasteiger partial charge in [0.25, 0.3) is 0 Å². The topological polar surface area (TPSA) is 86.6 Å². The van der Waals surface area contributed by atoms with Crippen molar-refractivity contribution in [2.24, 2.45) is 17.3 Å². The van der Waals surface area contributed by atoms with E-state index in [1.807, 2.05) is 0 Å². The lowest BCUT2D eigenvalue weighted by Gasteiger charge is -2.07. The van der Waals surface area contributed by atoms with Gasteiger partial charge in [0.15, 0.2) is 0 Å². The van der Waals surface area contributed by atoms with E-state index in [0.29, 0.717) is 5.69 Å². The molecule has 0 aliphatic heterocycles. The van der Waals surface area contributed by atoms with Gasteiger partial charge < -0.3 is 15.5 Å². The van der Waals surface area contributed by atoms with E-state index >= 15 is 0 Å². The van der Waals surface area contributed by atoms with Crippen LogP contribution in [0, 0.1) is 17.3 Å². The van der Waals surface area contributed by atoms with Gasteiger partial charge in [0.05, 0.1) is 17.5 Å². The van der Waals surface area contributed by atoms with Crippen LogP contribution >= 0.6 is 0 Å². The summed E-state index contributed by atoms with van der Waals surface area (Å²) >= 11 is 0. The number of rotatable bonds is 3. The second kappa shape index (κ2) is 4.01. The smallest absolute Gasteiger partial charge is 0.307 e. The Morgan fingerprint density at radius 3 is 2.33 bits per heavy atom. The number of phenolic OH excluding ortho intramolecular Hbond substituents is 1. The molecule has 2 atom stereocenters. The van der Waals surface area contributed by atoms with Crippen LogP contribution in [0.15, 0.2) is 24.3 Å². The van der Waals surface area contributed by atoms with Gasteiger partial charge in [-0.25, -0.2) is 0 Å². The molecule has 0 unspecified atom stereocenters. The number of carboxylic acids is 1. The molecule has 0 radical (unpaired) electrons. The number of carbonyl (C=O) groups excluding carboxylic acids is 1. The van der Waals surface area contributed by atoms with Gasteiger partial charge in [-0.15, -0.1) is 0 Å². The number of phenols is 1. The molecule has 1 aliphatic carbocycles. The van der Waals surface area contributed by atoms with Crippen molar-refractivity contribution in [3.05, 3.63) is 24.3 Å². The van der Waals surface area contributed by atoms with Gasteiger partial charge in [0, 0.05) is 0 Å². The third-order valence-electron chi connectivity index (χ3n) is 3.54. The highest BCUT2D eigenvalue weighted by Gasteiger charge is 2.65. The number of para-hydroxylation sites is 2. The SMILES string of the molecule is CC1(C)[C@@H](C(=O)O)[C@@H]1C(=O)Nc1ccccc1O. The summed E-state index contributed by atoms with van der Waals surface area (Å²) in [5.74, 6) is -2.58. The molecule has 3 N–H and O–H groups in total. The Balaban J connectivity index is 2.11. The van der Waals surface area contributed by atoms with Crippen LogP contribution in [0.4, 0.5) is 5.69 Å². The van der Waals surface area contributed by atoms with Gasteiger partial charge in [-0.1, -0.05) is 26.0 Å². The van der Waals surface area contributed by atoms with Crippen LogP contribution in [-0.4, -0.2) is 22.1 Å². The maximum Gasteiger partial charge on any atom is 0.307 e. The van der Waals surface area contributed by atoms with Crippen LogP contribution in [0.2, 0.25) is 0 Å². The Bertz CT molecular complexity index is 509. The summed E-state index contributed by atoms with van der Waals surface area (Å²) in [5, 5.41) is 21.1. The molecule has 1 saturated carbocycles. The Hall–Kier alpha value is -2.04. The summed E-state index contributed by atoms with van der Waals surface area (Å²) < 4.78 is 0. The summed E-state index contributed by atoms with van der Waals surface area (Å²) in [6.07, 6.45) is 0. The van der Waals surface area contributed by atoms with Gasteiger partial charge >= 0.3 is 5.97 Å². The molecule has 2 rings (SSSR count). The third kappa shape index (κ3) is 1.92. The van der Waals surface area contributed by atoms with Crippen molar-refractivity contribution in [3.8, 4) is 5.75 Å². The average Bonchev–Trinajstić information content (AvgIpc) is 2.85. The van der Waals surface area contributed by atoms with Crippen molar-refractivity contribution in [1.82, 2.24) is 0 Å². The van der Waals surface area contributed by atoms with E-state index in [4.69, 9.17) is 5.11 Å². The normalized spacial score (nSPS) is 24.3. The van der Waals surface area contributed by atoms with Crippen molar-refractivity contribution >= 4 is 17.6 Å². The number of hydrogen-bond acceptors (Lipinski definition) is 3. The summed E-state index contributed by atoms with van der Waals surface area (Å²) in [7, 11) is 0. The maximum atomic E-state index is 12.0. The molecule has 0 bridgehead atoms. The number of benzene rings is 1. The van der Waals surface area contributed by atoms with Crippen LogP contribution in [0.25, 0.3) is 0 Å². The van der Waals surface area contributed by atoms with Crippen LogP contribution in [0.3, 0.4) is 0 Å². The van der Waals surface area contributed by atoms with E-state index in [1.165, 1.54) is 6.07 Å². The second-order valence-corrected chi connectivity index (χ2v) is 5.12. The predicted octanol–water partition coefficient (Wildman–Crippen LogP) is 1.69. The van der Waals surface area contributed by atoms with E-state index < -0.39 is 23.2 Å². The molecule has 0 saturated heterocycles. The standard InChI is InChI=1S/C13H15NO4/c1-13(2)9(10(13)12(17)18)11(16)14-7-5-3-4-6-8(7)15/h3-6,9-10,15H,1-2H3,(H,14,16)(H,17,18)/t9-,10-/m1/s1. The lowest BCUT2D eigenvalue weighted by molar-refractivity contribution is -0.140. The molecule has 1 aliphatic rings. The van der Waals surface area contributed by atoms with E-state index in [9.17, 15) is 14.7 Å². The molecule has 0 heterocycles. The lowest BCUT2D eigenvalue weighted by Crippen LogP contribution is -2.17. The molecular weight excluding hydrogens is 234 g/mol. The minimum Gasteiger partial charge on any atom is -0.506 e. The van der Waals surface area contributed by atoms with Crippen LogP contribution in [0.5, 0.6) is 5.75 Å². The van der Waals surface area contributed by atoms with Crippen LogP contribution < -0.4 is 5.32 Å². The van der Waals surface area contributed by atoms with Gasteiger partial charge in [0.1, 0.15) is 5.75 Å². The Labute approximate surface area is 104 Å². The fourth-order valence-electron chi connectivity index (χ4n) is 2.38. The molecule has 18 heavy (non-hydrogen) atoms. The van der Waals surface area contributed by atoms with E-state index in [0.717, 1.165) is 0 Å². The maximum absolute atomic E-state index is 12.0. The molecule has 1 aromatic rings. The molecule has 1 aromatic carbocycles. The Kier molecular flexibility index (Phi) is 2.77. The first-order valence-electron chi connectivity index (χ1n) is 5.67. The van der Waals surface area contributed by atoms with E-state index in [-0.39, 0.29) is 11.7 Å². The van der Waals surface area contributed by atoms with Crippen LogP contribution in [-0.2, 0) is 9.59 Å². The zero-order valence-corrected chi connectivity index (χ0v) is 10.2. The van der Waals surface area contributed by atoms with Gasteiger partial charge in [0.2, 0.25) is 5.91 Å². The summed E-state index contributed by atoms with van der Waals surface area (Å²) in [6, 6.07) is 6.36. The molecule has 0 aromatic heterocycles. The molecule has 1 fully saturated rings. The highest BCUT2D eigenvalue weighted by molar-refractivity contribution is 6.00. The number of aliphatic carboxylic acids is 1. The third-order valence-corrected chi connectivity index (χ3v) is 3.54. The second-order valence-electron chi connectivity index (χ2n) is 5.12. The first kappa shape index (κ1) is 12.4. The van der Waals surface area contributed by atoms with Crippen molar-refractivity contribution in [1.29, 1.82) is 0 Å². The number of nitrogens with one attached hydrogen (secondary N) is 1. The molecule has 5 nitrogen and oxygen atoms in total. The minimum atomic E-state index is -0.961. The fourth-order valence-corrected chi connectivity index (χ4v) is 2.38. The summed E-state index contributed by atoms with van der Waals surface area (Å²) in [5.41, 5.74) is -0.241. The summed E-state index contributed by atoms with van der Waals surface area (Å²) in [4.78, 5) is 23.0. The van der Waals surface area contributed by atoms with Crippen molar-refractivity contribution in [2.75, 3.05) is 5.32 Å². The van der Waals surface area contributed by atoms with E-state index in [2.05, 4.69) is 5.32 Å². The highest BCUT2D eigenvalue weighted by atomic mass is 16.4. The monoisotopic (exact) mass is 249 g/mol. The highest BCUT2D eigenvalue weighted by Crippen LogP contribution is 2.58. The van der Waals surface area contributed by atoms with E-state index in [1.54, 1.807) is 32.0 Å². The molecule has 0 spiro atoms. The zero-order chi connectivity index (χ0) is 13.5. The number of carboxylic acid groups (broad SMARTS) is 1. The number of hydrogen-bond donors (Lipinski definition) is 3. The van der Waals surface area contributed by atoms with Crippen LogP contribution in [0.1, 0.15) is 13.8 Å². The molecular formula is C13H15NO4. The first-order valence-corrected chi connectivity index (χ1v) is 5.67. The first-order chi connectivity index (χ1) is 8.35. The number of anilines is 1. The average molecular weight is 249 g/mol. The minimum absolute atomic E-state index is 0.0313. The Morgan fingerprint density at radius 2 is 1.83 bits per heavy atom. The van der Waals surface area contributed by atoms with Gasteiger partial charge in [-0.05, 0) is 17.5 Å². The molecule has 96 valence electrons. The van der Waals surface area contributed by atoms with Gasteiger partial charge in [-0.3, -0.25) is 9.59 Å². The molecule has 1 amide bonds. The fraction of sp³-hybridized carbons (Fsp3) is 0.385. The number of aromatic hydroxyl groups is 1. The van der Waals surface area contributed by atoms with Gasteiger partial charge in [-0.2, -0.15) is 0 Å². The quantitative estimate of drug-likeness (QED) is 0.711. The predicted molar refractivity (Wildman–Crippen MR) is 65.1 cm³/mol. The Morgan fingerprint density at radius 1 is 1.22 bits per heavy atom. The summed E-state index contributed by atoms with van der Waals surface area (Å²) in [6.45, 7) is 3.50. The van der Waals surface area contributed by atoms with Crippen molar-refractivity contribution < 1.29 is 19.8 Å².